The van der Waals surface area contributed by atoms with Gasteiger partial charge in [0.2, 0.25) is 5.88 Å². The van der Waals surface area contributed by atoms with Gasteiger partial charge in [-0.3, -0.25) is 0 Å². The fourth-order valence-corrected chi connectivity index (χ4v) is 1.43. The van der Waals surface area contributed by atoms with E-state index in [2.05, 4.69) is 27.4 Å². The Labute approximate surface area is 105 Å². The van der Waals surface area contributed by atoms with Gasteiger partial charge in [-0.05, 0) is 55.0 Å². The van der Waals surface area contributed by atoms with Crippen molar-refractivity contribution in [3.8, 4) is 11.6 Å². The number of benzene rings is 1. The second-order valence-electron chi connectivity index (χ2n) is 3.47. The Kier molecular flexibility index (Phi) is 3.60. The molecule has 0 fully saturated rings. The summed E-state index contributed by atoms with van der Waals surface area (Å²) < 4.78 is 5.59. The van der Waals surface area contributed by atoms with E-state index in [-0.39, 0.29) is 0 Å². The molecule has 0 aliphatic carbocycles. The maximum Gasteiger partial charge on any atom is 0.219 e. The highest BCUT2D eigenvalue weighted by atomic mass is 32.1. The number of nitrogens with zero attached hydrogens (tertiary/aromatic N) is 2. The first-order valence-corrected chi connectivity index (χ1v) is 5.47. The molecule has 0 spiro atoms. The Balaban J connectivity index is 2.16. The predicted octanol–water partition coefficient (Wildman–Crippen LogP) is 3.92. The molecule has 0 bridgehead atoms. The van der Waals surface area contributed by atoms with Gasteiger partial charge in [0, 0.05) is 12.3 Å². The number of hydrogen-bond donors (Lipinski definition) is 0. The topological polar surface area (TPSA) is 34.5 Å². The molecule has 0 saturated carbocycles. The summed E-state index contributed by atoms with van der Waals surface area (Å²) in [6.45, 7) is 1.99. The molecule has 0 radical (unpaired) electrons. The monoisotopic (exact) mass is 242 g/mol. The summed E-state index contributed by atoms with van der Waals surface area (Å²) in [6, 6.07) is 11.0. The lowest BCUT2D eigenvalue weighted by Gasteiger charge is -2.04. The molecule has 3 nitrogen and oxygen atoms in total. The Hall–Kier alpha value is -2.03. The van der Waals surface area contributed by atoms with E-state index in [0.29, 0.717) is 11.6 Å². The van der Waals surface area contributed by atoms with Crippen molar-refractivity contribution >= 4 is 23.1 Å². The van der Waals surface area contributed by atoms with E-state index in [1.165, 1.54) is 0 Å². The van der Waals surface area contributed by atoms with Crippen molar-refractivity contribution in [2.24, 2.45) is 4.99 Å². The first-order chi connectivity index (χ1) is 8.28. The van der Waals surface area contributed by atoms with Gasteiger partial charge < -0.3 is 4.74 Å². The SMILES string of the molecule is Cc1ccnc(Oc2ccc(N=C=S)cc2)c1. The van der Waals surface area contributed by atoms with Crippen LogP contribution in [0.25, 0.3) is 0 Å². The van der Waals surface area contributed by atoms with Crippen molar-refractivity contribution in [2.45, 2.75) is 6.92 Å². The van der Waals surface area contributed by atoms with Crippen LogP contribution in [0, 0.1) is 6.92 Å². The zero-order chi connectivity index (χ0) is 12.1. The number of hydrogen-bond acceptors (Lipinski definition) is 4. The zero-order valence-corrected chi connectivity index (χ0v) is 10.1. The third-order valence-corrected chi connectivity index (χ3v) is 2.22. The highest BCUT2D eigenvalue weighted by Crippen LogP contribution is 2.22. The number of isothiocyanates is 1. The summed E-state index contributed by atoms with van der Waals surface area (Å²) in [5.41, 5.74) is 1.86. The van der Waals surface area contributed by atoms with Crippen LogP contribution in [-0.2, 0) is 0 Å². The first kappa shape index (κ1) is 11.5. The minimum absolute atomic E-state index is 0.580. The summed E-state index contributed by atoms with van der Waals surface area (Å²) in [5.74, 6) is 1.29. The van der Waals surface area contributed by atoms with E-state index in [4.69, 9.17) is 4.74 Å². The standard InChI is InChI=1S/C13H10N2OS/c1-10-6-7-14-13(8-10)16-12-4-2-11(3-5-12)15-9-17/h2-8H,1H3. The normalized spacial score (nSPS) is 9.47. The second-order valence-corrected chi connectivity index (χ2v) is 3.65. The van der Waals surface area contributed by atoms with Gasteiger partial charge in [0.15, 0.2) is 0 Å². The number of aryl methyl sites for hydroxylation is 1. The maximum absolute atomic E-state index is 5.59. The molecular formula is C13H10N2OS. The molecule has 1 aromatic heterocycles. The van der Waals surface area contributed by atoms with Crippen LogP contribution < -0.4 is 4.74 Å². The molecule has 0 atom stereocenters. The van der Waals surface area contributed by atoms with E-state index < -0.39 is 0 Å². The summed E-state index contributed by atoms with van der Waals surface area (Å²) >= 11 is 4.53. The van der Waals surface area contributed by atoms with E-state index >= 15 is 0 Å². The van der Waals surface area contributed by atoms with Crippen LogP contribution in [-0.4, -0.2) is 10.1 Å². The summed E-state index contributed by atoms with van der Waals surface area (Å²) in [5, 5.41) is 2.32. The van der Waals surface area contributed by atoms with Crippen LogP contribution in [0.15, 0.2) is 47.6 Å². The molecule has 2 aromatic rings. The Bertz CT molecular complexity index is 560. The molecular weight excluding hydrogens is 232 g/mol. The van der Waals surface area contributed by atoms with Crippen molar-refractivity contribution in [3.63, 3.8) is 0 Å². The number of rotatable bonds is 3. The first-order valence-electron chi connectivity index (χ1n) is 5.06. The summed E-state index contributed by atoms with van der Waals surface area (Å²) in [4.78, 5) is 7.98. The molecule has 17 heavy (non-hydrogen) atoms. The minimum atomic E-state index is 0.580. The number of pyridine rings is 1. The predicted molar refractivity (Wildman–Crippen MR) is 70.2 cm³/mol. The number of ether oxygens (including phenoxy) is 1. The van der Waals surface area contributed by atoms with Crippen LogP contribution in [0.3, 0.4) is 0 Å². The van der Waals surface area contributed by atoms with Gasteiger partial charge in [-0.15, -0.1) is 0 Å². The molecule has 0 amide bonds. The minimum Gasteiger partial charge on any atom is -0.439 e. The van der Waals surface area contributed by atoms with Gasteiger partial charge in [-0.2, -0.15) is 4.99 Å². The van der Waals surface area contributed by atoms with E-state index in [9.17, 15) is 0 Å². The largest absolute Gasteiger partial charge is 0.439 e. The number of aliphatic imine (C=N–C) groups is 1. The lowest BCUT2D eigenvalue weighted by atomic mass is 10.3. The molecule has 0 N–H and O–H groups in total. The molecule has 0 saturated heterocycles. The third kappa shape index (κ3) is 3.21. The summed E-state index contributed by atoms with van der Waals surface area (Å²) in [6.07, 6.45) is 1.72. The molecule has 1 heterocycles. The van der Waals surface area contributed by atoms with E-state index in [1.54, 1.807) is 6.20 Å². The molecule has 0 aliphatic rings. The van der Waals surface area contributed by atoms with Crippen LogP contribution in [0.5, 0.6) is 11.6 Å². The van der Waals surface area contributed by atoms with Gasteiger partial charge in [-0.1, -0.05) is 0 Å². The molecule has 4 heteroatoms. The fraction of sp³-hybridized carbons (Fsp3) is 0.0769. The molecule has 2 rings (SSSR count). The van der Waals surface area contributed by atoms with Gasteiger partial charge in [0.05, 0.1) is 10.8 Å². The van der Waals surface area contributed by atoms with Crippen molar-refractivity contribution in [1.29, 1.82) is 0 Å². The van der Waals surface area contributed by atoms with Crippen LogP contribution in [0.1, 0.15) is 5.56 Å². The quantitative estimate of drug-likeness (QED) is 0.604. The average molecular weight is 242 g/mol. The number of aromatic nitrogens is 1. The molecule has 0 aliphatic heterocycles. The van der Waals surface area contributed by atoms with Gasteiger partial charge >= 0.3 is 0 Å². The van der Waals surface area contributed by atoms with E-state index in [1.807, 2.05) is 43.3 Å². The summed E-state index contributed by atoms with van der Waals surface area (Å²) in [7, 11) is 0. The van der Waals surface area contributed by atoms with Crippen molar-refractivity contribution in [3.05, 3.63) is 48.2 Å². The van der Waals surface area contributed by atoms with Crippen molar-refractivity contribution < 1.29 is 4.74 Å². The second kappa shape index (κ2) is 5.34. The molecule has 0 unspecified atom stereocenters. The van der Waals surface area contributed by atoms with Crippen LogP contribution in [0.2, 0.25) is 0 Å². The average Bonchev–Trinajstić information content (AvgIpc) is 2.32. The van der Waals surface area contributed by atoms with Gasteiger partial charge in [-0.25, -0.2) is 4.98 Å². The fourth-order valence-electron chi connectivity index (χ4n) is 1.33. The Morgan fingerprint density at radius 2 is 2.00 bits per heavy atom. The Morgan fingerprint density at radius 1 is 1.24 bits per heavy atom. The smallest absolute Gasteiger partial charge is 0.219 e. The van der Waals surface area contributed by atoms with Crippen molar-refractivity contribution in [1.82, 2.24) is 4.98 Å². The molecule has 84 valence electrons. The van der Waals surface area contributed by atoms with Gasteiger partial charge in [0.25, 0.3) is 0 Å². The lowest BCUT2D eigenvalue weighted by Crippen LogP contribution is -1.87. The van der Waals surface area contributed by atoms with Crippen LogP contribution in [0.4, 0.5) is 5.69 Å². The van der Waals surface area contributed by atoms with E-state index in [0.717, 1.165) is 11.3 Å². The highest BCUT2D eigenvalue weighted by Gasteiger charge is 1.98. The maximum atomic E-state index is 5.59. The zero-order valence-electron chi connectivity index (χ0n) is 9.25. The number of thiocarbonyl (C=S) groups is 1. The third-order valence-electron chi connectivity index (χ3n) is 2.12. The Morgan fingerprint density at radius 3 is 2.65 bits per heavy atom. The highest BCUT2D eigenvalue weighted by molar-refractivity contribution is 7.78. The van der Waals surface area contributed by atoms with Crippen LogP contribution >= 0.6 is 12.2 Å². The van der Waals surface area contributed by atoms with Gasteiger partial charge in [0.1, 0.15) is 5.75 Å². The van der Waals surface area contributed by atoms with Crippen molar-refractivity contribution in [2.75, 3.05) is 0 Å². The lowest BCUT2D eigenvalue weighted by molar-refractivity contribution is 0.462. The molecule has 1 aromatic carbocycles.